The maximum Gasteiger partial charge on any atom is 0.129 e. The standard InChI is InChI=1S/C16H18N2O/c1-2-7-16(17)18-13-8-6-11-15(12-13)19-14-9-4-3-5-10-14/h3-6,8-12H,2,7H2,1H3,(H2,17,18). The van der Waals surface area contributed by atoms with Crippen LogP contribution in [-0.2, 0) is 0 Å². The SMILES string of the molecule is CCCC(N)=Nc1cccc(Oc2ccccc2)c1. The average molecular weight is 254 g/mol. The Hall–Kier alpha value is -2.29. The Balaban J connectivity index is 2.13. The summed E-state index contributed by atoms with van der Waals surface area (Å²) in [5.74, 6) is 2.22. The summed E-state index contributed by atoms with van der Waals surface area (Å²) in [7, 11) is 0. The van der Waals surface area contributed by atoms with Gasteiger partial charge >= 0.3 is 0 Å². The van der Waals surface area contributed by atoms with E-state index in [1.54, 1.807) is 0 Å². The second-order valence-electron chi connectivity index (χ2n) is 4.27. The second kappa shape index (κ2) is 6.59. The molecule has 0 radical (unpaired) electrons. The van der Waals surface area contributed by atoms with Crippen molar-refractivity contribution in [3.05, 3.63) is 54.6 Å². The smallest absolute Gasteiger partial charge is 0.129 e. The zero-order valence-corrected chi connectivity index (χ0v) is 11.0. The predicted molar refractivity (Wildman–Crippen MR) is 79.1 cm³/mol. The molecule has 98 valence electrons. The third-order valence-corrected chi connectivity index (χ3v) is 2.58. The lowest BCUT2D eigenvalue weighted by Crippen LogP contribution is -2.09. The van der Waals surface area contributed by atoms with Crippen molar-refractivity contribution in [1.82, 2.24) is 0 Å². The summed E-state index contributed by atoms with van der Waals surface area (Å²) < 4.78 is 5.75. The Bertz CT molecular complexity index is 550. The molecule has 2 N–H and O–H groups in total. The lowest BCUT2D eigenvalue weighted by molar-refractivity contribution is 0.483. The molecule has 0 aliphatic heterocycles. The van der Waals surface area contributed by atoms with Crippen LogP contribution in [0.2, 0.25) is 0 Å². The minimum atomic E-state index is 0.652. The van der Waals surface area contributed by atoms with E-state index >= 15 is 0 Å². The minimum absolute atomic E-state index is 0.652. The van der Waals surface area contributed by atoms with E-state index in [0.717, 1.165) is 30.0 Å². The molecule has 0 saturated carbocycles. The zero-order valence-electron chi connectivity index (χ0n) is 11.0. The summed E-state index contributed by atoms with van der Waals surface area (Å²) in [5.41, 5.74) is 6.65. The van der Waals surface area contributed by atoms with Crippen LogP contribution in [0.25, 0.3) is 0 Å². The Morgan fingerprint density at radius 3 is 2.53 bits per heavy atom. The fourth-order valence-corrected chi connectivity index (χ4v) is 1.72. The number of hydrogen-bond donors (Lipinski definition) is 1. The van der Waals surface area contributed by atoms with Crippen LogP contribution < -0.4 is 10.5 Å². The first kappa shape index (κ1) is 13.1. The highest BCUT2D eigenvalue weighted by Crippen LogP contribution is 2.25. The molecule has 0 atom stereocenters. The van der Waals surface area contributed by atoms with Gasteiger partial charge in [-0.2, -0.15) is 0 Å². The minimum Gasteiger partial charge on any atom is -0.457 e. The van der Waals surface area contributed by atoms with Crippen LogP contribution in [0.15, 0.2) is 59.6 Å². The van der Waals surface area contributed by atoms with Gasteiger partial charge in [-0.05, 0) is 30.7 Å². The first-order valence-electron chi connectivity index (χ1n) is 6.44. The highest BCUT2D eigenvalue weighted by Gasteiger charge is 1.99. The highest BCUT2D eigenvalue weighted by molar-refractivity contribution is 5.83. The van der Waals surface area contributed by atoms with Gasteiger partial charge in [-0.3, -0.25) is 0 Å². The number of amidine groups is 1. The molecule has 2 rings (SSSR count). The van der Waals surface area contributed by atoms with Gasteiger partial charge in [-0.15, -0.1) is 0 Å². The van der Waals surface area contributed by atoms with E-state index in [1.807, 2.05) is 54.6 Å². The van der Waals surface area contributed by atoms with Crippen molar-refractivity contribution in [2.45, 2.75) is 19.8 Å². The molecule has 0 heterocycles. The van der Waals surface area contributed by atoms with Crippen molar-refractivity contribution < 1.29 is 4.74 Å². The van der Waals surface area contributed by atoms with Crippen LogP contribution in [0.5, 0.6) is 11.5 Å². The van der Waals surface area contributed by atoms with Crippen LogP contribution >= 0.6 is 0 Å². The maximum absolute atomic E-state index is 5.83. The van der Waals surface area contributed by atoms with Crippen molar-refractivity contribution in [2.75, 3.05) is 0 Å². The summed E-state index contributed by atoms with van der Waals surface area (Å²) in [5, 5.41) is 0. The van der Waals surface area contributed by atoms with Gasteiger partial charge in [0.15, 0.2) is 0 Å². The molecule has 3 heteroatoms. The lowest BCUT2D eigenvalue weighted by atomic mass is 10.3. The molecule has 19 heavy (non-hydrogen) atoms. The third-order valence-electron chi connectivity index (χ3n) is 2.58. The van der Waals surface area contributed by atoms with E-state index in [0.29, 0.717) is 5.84 Å². The summed E-state index contributed by atoms with van der Waals surface area (Å²) in [6.07, 6.45) is 1.80. The van der Waals surface area contributed by atoms with E-state index in [4.69, 9.17) is 10.5 Å². The quantitative estimate of drug-likeness (QED) is 0.640. The monoisotopic (exact) mass is 254 g/mol. The number of nitrogens with two attached hydrogens (primary N) is 1. The number of rotatable bonds is 5. The van der Waals surface area contributed by atoms with E-state index in [1.165, 1.54) is 0 Å². The van der Waals surface area contributed by atoms with Crippen LogP contribution in [0, 0.1) is 0 Å². The molecule has 0 aliphatic carbocycles. The Morgan fingerprint density at radius 1 is 1.05 bits per heavy atom. The van der Waals surface area contributed by atoms with Gasteiger partial charge in [0.1, 0.15) is 11.5 Å². The predicted octanol–water partition coefficient (Wildman–Crippen LogP) is 4.27. The number of para-hydroxylation sites is 1. The van der Waals surface area contributed by atoms with Crippen LogP contribution in [0.4, 0.5) is 5.69 Å². The zero-order chi connectivity index (χ0) is 13.5. The van der Waals surface area contributed by atoms with Crippen molar-refractivity contribution in [3.63, 3.8) is 0 Å². The maximum atomic E-state index is 5.83. The highest BCUT2D eigenvalue weighted by atomic mass is 16.5. The van der Waals surface area contributed by atoms with Gasteiger partial charge < -0.3 is 10.5 Å². The summed E-state index contributed by atoms with van der Waals surface area (Å²) in [6, 6.07) is 17.3. The molecule has 0 unspecified atom stereocenters. The number of benzene rings is 2. The second-order valence-corrected chi connectivity index (χ2v) is 4.27. The Kier molecular flexibility index (Phi) is 4.56. The molecular weight excluding hydrogens is 236 g/mol. The fourth-order valence-electron chi connectivity index (χ4n) is 1.72. The molecule has 3 nitrogen and oxygen atoms in total. The molecule has 0 fully saturated rings. The number of hydrogen-bond acceptors (Lipinski definition) is 2. The van der Waals surface area contributed by atoms with Gasteiger partial charge in [0.2, 0.25) is 0 Å². The molecule has 2 aromatic carbocycles. The summed E-state index contributed by atoms with van der Waals surface area (Å²) >= 11 is 0. The molecule has 0 saturated heterocycles. The third kappa shape index (κ3) is 4.14. The van der Waals surface area contributed by atoms with Crippen LogP contribution in [0.3, 0.4) is 0 Å². The topological polar surface area (TPSA) is 47.6 Å². The Labute approximate surface area is 113 Å². The van der Waals surface area contributed by atoms with Crippen molar-refractivity contribution in [3.8, 4) is 11.5 Å². The van der Waals surface area contributed by atoms with E-state index in [9.17, 15) is 0 Å². The fraction of sp³-hybridized carbons (Fsp3) is 0.188. The normalized spacial score (nSPS) is 11.3. The van der Waals surface area contributed by atoms with E-state index in [-0.39, 0.29) is 0 Å². The number of nitrogens with zero attached hydrogens (tertiary/aromatic N) is 1. The van der Waals surface area contributed by atoms with Crippen molar-refractivity contribution >= 4 is 11.5 Å². The Morgan fingerprint density at radius 2 is 1.79 bits per heavy atom. The van der Waals surface area contributed by atoms with E-state index in [2.05, 4.69) is 11.9 Å². The summed E-state index contributed by atoms with van der Waals surface area (Å²) in [4.78, 5) is 4.37. The molecule has 2 aromatic rings. The van der Waals surface area contributed by atoms with Gasteiger partial charge in [-0.1, -0.05) is 31.2 Å². The molecule has 0 aliphatic rings. The van der Waals surface area contributed by atoms with Gasteiger partial charge in [-0.25, -0.2) is 4.99 Å². The number of ether oxygens (including phenoxy) is 1. The average Bonchev–Trinajstić information content (AvgIpc) is 2.40. The molecule has 0 spiro atoms. The van der Waals surface area contributed by atoms with Crippen molar-refractivity contribution in [2.24, 2.45) is 10.7 Å². The van der Waals surface area contributed by atoms with Crippen molar-refractivity contribution in [1.29, 1.82) is 0 Å². The first-order chi connectivity index (χ1) is 9.28. The molecular formula is C16H18N2O. The number of aliphatic imine (C=N–C) groups is 1. The van der Waals surface area contributed by atoms with Gasteiger partial charge in [0, 0.05) is 12.5 Å². The largest absolute Gasteiger partial charge is 0.457 e. The van der Waals surface area contributed by atoms with Crippen LogP contribution in [0.1, 0.15) is 19.8 Å². The van der Waals surface area contributed by atoms with Gasteiger partial charge in [0.05, 0.1) is 11.5 Å². The van der Waals surface area contributed by atoms with Gasteiger partial charge in [0.25, 0.3) is 0 Å². The summed E-state index contributed by atoms with van der Waals surface area (Å²) in [6.45, 7) is 2.08. The molecule has 0 aromatic heterocycles. The lowest BCUT2D eigenvalue weighted by Gasteiger charge is -2.06. The van der Waals surface area contributed by atoms with E-state index < -0.39 is 0 Å². The first-order valence-corrected chi connectivity index (χ1v) is 6.44. The van der Waals surface area contributed by atoms with Crippen LogP contribution in [-0.4, -0.2) is 5.84 Å². The molecule has 0 bridgehead atoms. The molecule has 0 amide bonds.